The SMILES string of the molecule is Cc1ccc(S(=O)[C@@H](C)C[Si](C)(C)C)cc1. The quantitative estimate of drug-likeness (QED) is 0.746. The van der Waals surface area contributed by atoms with E-state index in [1.807, 2.05) is 24.3 Å². The molecule has 16 heavy (non-hydrogen) atoms. The van der Waals surface area contributed by atoms with E-state index in [-0.39, 0.29) is 5.25 Å². The molecule has 0 amide bonds. The largest absolute Gasteiger partial charge is 0.254 e. The second kappa shape index (κ2) is 5.28. The zero-order valence-electron chi connectivity index (χ0n) is 10.9. The van der Waals surface area contributed by atoms with Crippen LogP contribution in [0, 0.1) is 6.92 Å². The lowest BCUT2D eigenvalue weighted by Gasteiger charge is -2.20. The summed E-state index contributed by atoms with van der Waals surface area (Å²) in [5, 5.41) is 0.273. The summed E-state index contributed by atoms with van der Waals surface area (Å²) in [5.41, 5.74) is 1.22. The van der Waals surface area contributed by atoms with Crippen LogP contribution in [0.1, 0.15) is 12.5 Å². The minimum atomic E-state index is -1.12. The van der Waals surface area contributed by atoms with Crippen molar-refractivity contribution in [2.45, 2.75) is 49.7 Å². The maximum Gasteiger partial charge on any atom is 0.0555 e. The van der Waals surface area contributed by atoms with Gasteiger partial charge in [0.15, 0.2) is 0 Å². The highest BCUT2D eigenvalue weighted by Gasteiger charge is 2.22. The first-order chi connectivity index (χ1) is 7.29. The number of hydrogen-bond acceptors (Lipinski definition) is 1. The second-order valence-corrected chi connectivity index (χ2v) is 13.1. The zero-order valence-corrected chi connectivity index (χ0v) is 12.7. The van der Waals surface area contributed by atoms with E-state index < -0.39 is 18.9 Å². The lowest BCUT2D eigenvalue weighted by atomic mass is 10.2. The molecule has 0 N–H and O–H groups in total. The predicted octanol–water partition coefficient (Wildman–Crippen LogP) is 3.83. The molecule has 0 aromatic heterocycles. The normalized spacial score (nSPS) is 15.8. The van der Waals surface area contributed by atoms with Crippen LogP contribution < -0.4 is 0 Å². The molecule has 1 aromatic carbocycles. The fourth-order valence-electron chi connectivity index (χ4n) is 1.84. The standard InChI is InChI=1S/C13H22OSSi/c1-11-6-8-13(9-7-11)15(14)12(2)10-16(3,4)5/h6-9,12H,10H2,1-5H3/t12-,15?/m0/s1. The van der Waals surface area contributed by atoms with Gasteiger partial charge < -0.3 is 0 Å². The van der Waals surface area contributed by atoms with Gasteiger partial charge in [0.05, 0.1) is 10.8 Å². The van der Waals surface area contributed by atoms with Gasteiger partial charge in [-0.2, -0.15) is 0 Å². The second-order valence-electron chi connectivity index (χ2n) is 5.69. The van der Waals surface area contributed by atoms with Crippen LogP contribution >= 0.6 is 0 Å². The van der Waals surface area contributed by atoms with Crippen LogP contribution in [0.3, 0.4) is 0 Å². The highest BCUT2D eigenvalue weighted by molar-refractivity contribution is 7.85. The molecule has 90 valence electrons. The monoisotopic (exact) mass is 254 g/mol. The number of rotatable bonds is 4. The Bertz CT molecular complexity index is 365. The zero-order chi connectivity index (χ0) is 12.3. The van der Waals surface area contributed by atoms with Gasteiger partial charge in [0.2, 0.25) is 0 Å². The third kappa shape index (κ3) is 4.22. The molecule has 0 aliphatic carbocycles. The molecule has 2 atom stereocenters. The average molecular weight is 254 g/mol. The van der Waals surface area contributed by atoms with Crippen molar-refractivity contribution in [1.29, 1.82) is 0 Å². The molecular weight excluding hydrogens is 232 g/mol. The maximum absolute atomic E-state index is 12.3. The van der Waals surface area contributed by atoms with Crippen molar-refractivity contribution < 1.29 is 4.21 Å². The number of aryl methyl sites for hydroxylation is 1. The predicted molar refractivity (Wildman–Crippen MR) is 75.2 cm³/mol. The molecule has 3 heteroatoms. The summed E-state index contributed by atoms with van der Waals surface area (Å²) in [6.07, 6.45) is 0. The van der Waals surface area contributed by atoms with E-state index in [1.165, 1.54) is 5.56 Å². The van der Waals surface area contributed by atoms with Crippen LogP contribution in [0.2, 0.25) is 25.7 Å². The maximum atomic E-state index is 12.3. The number of benzene rings is 1. The number of hydrogen-bond donors (Lipinski definition) is 0. The Morgan fingerprint density at radius 3 is 2.12 bits per heavy atom. The molecule has 0 bridgehead atoms. The van der Waals surface area contributed by atoms with Gasteiger partial charge in [-0.05, 0) is 25.1 Å². The molecule has 0 aliphatic rings. The fraction of sp³-hybridized carbons (Fsp3) is 0.538. The van der Waals surface area contributed by atoms with E-state index in [1.54, 1.807) is 0 Å². The van der Waals surface area contributed by atoms with E-state index >= 15 is 0 Å². The van der Waals surface area contributed by atoms with Crippen LogP contribution in [0.15, 0.2) is 29.2 Å². The molecule has 0 heterocycles. The fourth-order valence-corrected chi connectivity index (χ4v) is 6.54. The van der Waals surface area contributed by atoms with Crippen LogP contribution in [0.4, 0.5) is 0 Å². The van der Waals surface area contributed by atoms with Gasteiger partial charge in [-0.3, -0.25) is 4.21 Å². The molecule has 0 spiro atoms. The molecule has 1 nitrogen and oxygen atoms in total. The van der Waals surface area contributed by atoms with E-state index in [4.69, 9.17) is 0 Å². The molecule has 1 unspecified atom stereocenters. The third-order valence-electron chi connectivity index (χ3n) is 2.52. The van der Waals surface area contributed by atoms with Crippen molar-refractivity contribution >= 4 is 18.9 Å². The van der Waals surface area contributed by atoms with Crippen molar-refractivity contribution in [1.82, 2.24) is 0 Å². The van der Waals surface area contributed by atoms with Gasteiger partial charge in [-0.1, -0.05) is 44.3 Å². The van der Waals surface area contributed by atoms with Crippen molar-refractivity contribution in [2.24, 2.45) is 0 Å². The molecule has 0 saturated heterocycles. The van der Waals surface area contributed by atoms with Crippen LogP contribution in [-0.2, 0) is 10.8 Å². The minimum Gasteiger partial charge on any atom is -0.254 e. The van der Waals surface area contributed by atoms with Gasteiger partial charge in [0.1, 0.15) is 0 Å². The molecule has 1 aromatic rings. The summed E-state index contributed by atoms with van der Waals surface area (Å²) < 4.78 is 12.3. The summed E-state index contributed by atoms with van der Waals surface area (Å²) in [7, 11) is -1.97. The summed E-state index contributed by atoms with van der Waals surface area (Å²) in [5.74, 6) is 0. The lowest BCUT2D eigenvalue weighted by molar-refractivity contribution is 0.676. The topological polar surface area (TPSA) is 17.1 Å². The Hall–Kier alpha value is -0.413. The van der Waals surface area contributed by atoms with Crippen molar-refractivity contribution in [3.8, 4) is 0 Å². The van der Waals surface area contributed by atoms with E-state index in [9.17, 15) is 4.21 Å². The van der Waals surface area contributed by atoms with Crippen LogP contribution in [0.5, 0.6) is 0 Å². The van der Waals surface area contributed by atoms with Crippen molar-refractivity contribution in [3.63, 3.8) is 0 Å². The summed E-state index contributed by atoms with van der Waals surface area (Å²) >= 11 is 0. The first-order valence-corrected chi connectivity index (χ1v) is 10.7. The van der Waals surface area contributed by atoms with Gasteiger partial charge in [0.25, 0.3) is 0 Å². The summed E-state index contributed by atoms with van der Waals surface area (Å²) in [6.45, 7) is 11.1. The highest BCUT2D eigenvalue weighted by atomic mass is 32.2. The van der Waals surface area contributed by atoms with Crippen molar-refractivity contribution in [2.75, 3.05) is 0 Å². The van der Waals surface area contributed by atoms with E-state index in [0.29, 0.717) is 0 Å². The smallest absolute Gasteiger partial charge is 0.0555 e. The summed E-state index contributed by atoms with van der Waals surface area (Å²) in [6, 6.07) is 9.18. The molecular formula is C13H22OSSi. The van der Waals surface area contributed by atoms with Crippen LogP contribution in [-0.4, -0.2) is 17.5 Å². The van der Waals surface area contributed by atoms with Gasteiger partial charge in [-0.25, -0.2) is 0 Å². The average Bonchev–Trinajstić information content (AvgIpc) is 2.15. The molecule has 0 fully saturated rings. The molecule has 0 radical (unpaired) electrons. The Balaban J connectivity index is 2.74. The Labute approximate surface area is 103 Å². The van der Waals surface area contributed by atoms with Crippen LogP contribution in [0.25, 0.3) is 0 Å². The van der Waals surface area contributed by atoms with Gasteiger partial charge in [-0.15, -0.1) is 0 Å². The molecule has 0 aliphatic heterocycles. The first kappa shape index (κ1) is 13.7. The first-order valence-electron chi connectivity index (χ1n) is 5.77. The third-order valence-corrected chi connectivity index (χ3v) is 6.29. The van der Waals surface area contributed by atoms with E-state index in [2.05, 4.69) is 33.5 Å². The Kier molecular flexibility index (Phi) is 4.50. The van der Waals surface area contributed by atoms with Crippen molar-refractivity contribution in [3.05, 3.63) is 29.8 Å². The van der Waals surface area contributed by atoms with Gasteiger partial charge in [0, 0.05) is 18.2 Å². The molecule has 0 saturated carbocycles. The van der Waals surface area contributed by atoms with E-state index in [0.717, 1.165) is 10.9 Å². The minimum absolute atomic E-state index is 0.273. The Morgan fingerprint density at radius 1 is 1.19 bits per heavy atom. The van der Waals surface area contributed by atoms with Gasteiger partial charge >= 0.3 is 0 Å². The Morgan fingerprint density at radius 2 is 1.69 bits per heavy atom. The molecule has 1 rings (SSSR count). The summed E-state index contributed by atoms with van der Waals surface area (Å²) in [4.78, 5) is 0.969. The lowest BCUT2D eigenvalue weighted by Crippen LogP contribution is -2.27. The highest BCUT2D eigenvalue weighted by Crippen LogP contribution is 2.20.